The van der Waals surface area contributed by atoms with Crippen molar-refractivity contribution in [1.29, 1.82) is 0 Å². The molecule has 2 aliphatic rings. The number of nitrogens with zero attached hydrogens (tertiary/aromatic N) is 7. The fourth-order valence-electron chi connectivity index (χ4n) is 4.67. The lowest BCUT2D eigenvalue weighted by Crippen LogP contribution is -2.37. The van der Waals surface area contributed by atoms with Gasteiger partial charge < -0.3 is 18.7 Å². The smallest absolute Gasteiger partial charge is 0.275 e. The van der Waals surface area contributed by atoms with Crippen molar-refractivity contribution in [3.63, 3.8) is 0 Å². The van der Waals surface area contributed by atoms with E-state index >= 15 is 0 Å². The van der Waals surface area contributed by atoms with Crippen LogP contribution in [-0.4, -0.2) is 59.7 Å². The first kappa shape index (κ1) is 20.7. The maximum atomic E-state index is 13.8. The van der Waals surface area contributed by atoms with Crippen LogP contribution in [0, 0.1) is 0 Å². The minimum Gasteiger partial charge on any atom is -0.372 e. The van der Waals surface area contributed by atoms with E-state index < -0.39 is 0 Å². The van der Waals surface area contributed by atoms with E-state index in [1.165, 1.54) is 0 Å². The molecule has 0 bridgehead atoms. The summed E-state index contributed by atoms with van der Waals surface area (Å²) < 4.78 is 13.1. The molecule has 1 fully saturated rings. The molecule has 0 unspecified atom stereocenters. The number of hydrogen-bond acceptors (Lipinski definition) is 8. The zero-order valence-electron chi connectivity index (χ0n) is 18.5. The Labute approximate surface area is 195 Å². The molecule has 6 rings (SSSR count). The number of aromatic nitrogens is 6. The van der Waals surface area contributed by atoms with Gasteiger partial charge in [0, 0.05) is 37.9 Å². The number of imidazole rings is 1. The van der Waals surface area contributed by atoms with Crippen LogP contribution < -0.4 is 0 Å². The lowest BCUT2D eigenvalue weighted by atomic mass is 10.1. The Bertz CT molecular complexity index is 1300. The number of carbonyl (C=O) groups is 1. The van der Waals surface area contributed by atoms with Crippen LogP contribution in [0.4, 0.5) is 0 Å². The number of fused-ring (bicyclic) bond motifs is 1. The Kier molecular flexibility index (Phi) is 5.34. The maximum absolute atomic E-state index is 13.8. The molecule has 172 valence electrons. The van der Waals surface area contributed by atoms with Crippen molar-refractivity contribution in [2.24, 2.45) is 0 Å². The number of carbonyl (C=O) groups excluding carboxylic acids is 1. The van der Waals surface area contributed by atoms with Gasteiger partial charge in [-0.2, -0.15) is 4.98 Å². The predicted octanol–water partition coefficient (Wildman–Crippen LogP) is 2.77. The number of pyridine rings is 2. The number of ether oxygens (including phenoxy) is 1. The first-order valence-electron chi connectivity index (χ1n) is 11.4. The van der Waals surface area contributed by atoms with E-state index in [0.717, 1.165) is 30.1 Å². The quantitative estimate of drug-likeness (QED) is 0.450. The van der Waals surface area contributed by atoms with Crippen LogP contribution in [0.5, 0.6) is 0 Å². The summed E-state index contributed by atoms with van der Waals surface area (Å²) in [6.07, 6.45) is 5.69. The van der Waals surface area contributed by atoms with Gasteiger partial charge in [0.05, 0.1) is 12.3 Å². The normalized spacial score (nSPS) is 17.6. The van der Waals surface area contributed by atoms with Crippen LogP contribution in [0.25, 0.3) is 22.9 Å². The molecule has 0 spiro atoms. The molecule has 6 heterocycles. The molecule has 34 heavy (non-hydrogen) atoms. The molecule has 4 aromatic rings. The predicted molar refractivity (Wildman–Crippen MR) is 120 cm³/mol. The highest BCUT2D eigenvalue weighted by Gasteiger charge is 2.35. The zero-order valence-corrected chi connectivity index (χ0v) is 18.5. The highest BCUT2D eigenvalue weighted by molar-refractivity contribution is 5.98. The van der Waals surface area contributed by atoms with Gasteiger partial charge in [0.1, 0.15) is 23.8 Å². The molecule has 0 aliphatic carbocycles. The van der Waals surface area contributed by atoms with Crippen molar-refractivity contribution in [3.8, 4) is 22.9 Å². The summed E-state index contributed by atoms with van der Waals surface area (Å²) in [5.41, 5.74) is 2.57. The van der Waals surface area contributed by atoms with Crippen LogP contribution in [0.1, 0.15) is 35.0 Å². The molecule has 4 aromatic heterocycles. The van der Waals surface area contributed by atoms with Gasteiger partial charge in [-0.25, -0.2) is 4.98 Å². The van der Waals surface area contributed by atoms with E-state index in [1.807, 2.05) is 41.3 Å². The molecule has 1 amide bonds. The maximum Gasteiger partial charge on any atom is 0.275 e. The lowest BCUT2D eigenvalue weighted by molar-refractivity contribution is 0.0725. The summed E-state index contributed by atoms with van der Waals surface area (Å²) in [6, 6.07) is 11.2. The van der Waals surface area contributed by atoms with Crippen molar-refractivity contribution < 1.29 is 14.1 Å². The van der Waals surface area contributed by atoms with Crippen LogP contribution in [0.2, 0.25) is 0 Å². The molecule has 0 radical (unpaired) electrons. The third kappa shape index (κ3) is 3.75. The minimum atomic E-state index is -0.102. The largest absolute Gasteiger partial charge is 0.372 e. The topological polar surface area (TPSA) is 112 Å². The number of amides is 1. The number of hydrogen-bond donors (Lipinski definition) is 0. The average molecular weight is 457 g/mol. The van der Waals surface area contributed by atoms with E-state index in [4.69, 9.17) is 14.2 Å². The van der Waals surface area contributed by atoms with Crippen LogP contribution >= 0.6 is 0 Å². The van der Waals surface area contributed by atoms with Crippen LogP contribution in [-0.2, 0) is 24.3 Å². The van der Waals surface area contributed by atoms with Crippen LogP contribution in [0.15, 0.2) is 53.3 Å². The molecular formula is C24H23N7O3. The molecule has 0 N–H and O–H groups in total. The average Bonchev–Trinajstić information content (AvgIpc) is 3.63. The van der Waals surface area contributed by atoms with Crippen LogP contribution in [0.3, 0.4) is 0 Å². The second kappa shape index (κ2) is 8.79. The molecule has 2 aliphatic heterocycles. The monoisotopic (exact) mass is 457 g/mol. The SMILES string of the molecule is O=C(c1nc2n(c1-c1ccccn1)CCOC2)N1CCC[C@H]1Cc1nc(-c2ccccn2)no1. The first-order valence-corrected chi connectivity index (χ1v) is 11.4. The van der Waals surface area contributed by atoms with Crippen molar-refractivity contribution in [2.75, 3.05) is 13.2 Å². The standard InChI is InChI=1S/C24H23N7O3/c32-24(21-22(17-7-1-3-9-25-17)31-12-13-33-15-19(31)27-21)30-11-5-6-16(30)14-20-28-23(29-34-20)18-8-2-4-10-26-18/h1-4,7-10,16H,5-6,11-15H2/t16-/m0/s1. The minimum absolute atomic E-state index is 0.0453. The molecule has 10 heteroatoms. The third-order valence-electron chi connectivity index (χ3n) is 6.26. The second-order valence-corrected chi connectivity index (χ2v) is 8.37. The van der Waals surface area contributed by atoms with Crippen molar-refractivity contribution in [3.05, 3.63) is 66.2 Å². The van der Waals surface area contributed by atoms with Gasteiger partial charge in [-0.15, -0.1) is 0 Å². The Hall–Kier alpha value is -3.92. The summed E-state index contributed by atoms with van der Waals surface area (Å²) in [5.74, 6) is 1.59. The van der Waals surface area contributed by atoms with E-state index in [9.17, 15) is 4.79 Å². The Morgan fingerprint density at radius 2 is 1.85 bits per heavy atom. The molecule has 0 aromatic carbocycles. The first-order chi connectivity index (χ1) is 16.8. The van der Waals surface area contributed by atoms with Gasteiger partial charge in [0.15, 0.2) is 5.69 Å². The molecule has 0 saturated carbocycles. The van der Waals surface area contributed by atoms with Gasteiger partial charge in [0.25, 0.3) is 5.91 Å². The van der Waals surface area contributed by atoms with Gasteiger partial charge in [-0.1, -0.05) is 17.3 Å². The van der Waals surface area contributed by atoms with E-state index in [-0.39, 0.29) is 11.9 Å². The van der Waals surface area contributed by atoms with Gasteiger partial charge in [-0.3, -0.25) is 14.8 Å². The van der Waals surface area contributed by atoms with Crippen molar-refractivity contribution >= 4 is 5.91 Å². The fraction of sp³-hybridized carbons (Fsp3) is 0.333. The van der Waals surface area contributed by atoms with Gasteiger partial charge in [-0.05, 0) is 37.1 Å². The number of rotatable bonds is 5. The number of likely N-dealkylation sites (tertiary alicyclic amines) is 1. The highest BCUT2D eigenvalue weighted by Crippen LogP contribution is 2.30. The van der Waals surface area contributed by atoms with Crippen molar-refractivity contribution in [2.45, 2.75) is 38.5 Å². The Balaban J connectivity index is 1.28. The summed E-state index contributed by atoms with van der Waals surface area (Å²) in [7, 11) is 0. The second-order valence-electron chi connectivity index (χ2n) is 8.37. The summed E-state index contributed by atoms with van der Waals surface area (Å²) in [5, 5.41) is 4.06. The third-order valence-corrected chi connectivity index (χ3v) is 6.26. The fourth-order valence-corrected chi connectivity index (χ4v) is 4.67. The van der Waals surface area contributed by atoms with Crippen molar-refractivity contribution in [1.82, 2.24) is 34.6 Å². The molecule has 1 saturated heterocycles. The summed E-state index contributed by atoms with van der Waals surface area (Å²) in [6.45, 7) is 2.27. The van der Waals surface area contributed by atoms with Gasteiger partial charge in [0.2, 0.25) is 11.7 Å². The molecule has 1 atom stereocenters. The van der Waals surface area contributed by atoms with E-state index in [0.29, 0.717) is 55.8 Å². The highest BCUT2D eigenvalue weighted by atomic mass is 16.5. The summed E-state index contributed by atoms with van der Waals surface area (Å²) >= 11 is 0. The Morgan fingerprint density at radius 3 is 2.65 bits per heavy atom. The molecular weight excluding hydrogens is 434 g/mol. The van der Waals surface area contributed by atoms with Gasteiger partial charge >= 0.3 is 0 Å². The van der Waals surface area contributed by atoms with E-state index in [2.05, 4.69) is 24.7 Å². The Morgan fingerprint density at radius 1 is 1.03 bits per heavy atom. The van der Waals surface area contributed by atoms with E-state index in [1.54, 1.807) is 12.4 Å². The molecule has 10 nitrogen and oxygen atoms in total. The summed E-state index contributed by atoms with van der Waals surface area (Å²) in [4.78, 5) is 33.7. The zero-order chi connectivity index (χ0) is 22.9. The lowest BCUT2D eigenvalue weighted by Gasteiger charge is -2.23.